The van der Waals surface area contributed by atoms with Crippen LogP contribution in [0.1, 0.15) is 5.56 Å². The highest BCUT2D eigenvalue weighted by Gasteiger charge is 2.35. The van der Waals surface area contributed by atoms with Crippen molar-refractivity contribution >= 4 is 5.69 Å². The minimum Gasteiger partial charge on any atom is -0.204 e. The number of hydrogen-bond donors (Lipinski definition) is 0. The largest absolute Gasteiger partial charge is 0.418 e. The van der Waals surface area contributed by atoms with E-state index in [-0.39, 0.29) is 0 Å². The molecule has 0 radical (unpaired) electrons. The number of nitrogens with zero attached hydrogens (tertiary/aromatic N) is 1. The Balaban J connectivity index is 3.37. The van der Waals surface area contributed by atoms with Crippen molar-refractivity contribution in [2.24, 2.45) is 5.18 Å². The summed E-state index contributed by atoms with van der Waals surface area (Å²) in [6.45, 7) is 0. The molecule has 0 bridgehead atoms. The second kappa shape index (κ2) is 3.12. The molecule has 0 aliphatic carbocycles. The molecule has 0 unspecified atom stereocenters. The second-order valence-corrected chi connectivity index (χ2v) is 2.23. The van der Waals surface area contributed by atoms with Gasteiger partial charge < -0.3 is 0 Å². The summed E-state index contributed by atoms with van der Waals surface area (Å²) in [5.41, 5.74) is -2.56. The Hall–Kier alpha value is -1.46. The SMILES string of the molecule is O=Nc1c(F)cccc1C(F)(F)F. The van der Waals surface area contributed by atoms with Crippen LogP contribution in [0.2, 0.25) is 0 Å². The van der Waals surface area contributed by atoms with Crippen LogP contribution < -0.4 is 0 Å². The highest BCUT2D eigenvalue weighted by Crippen LogP contribution is 2.37. The molecule has 0 fully saturated rings. The normalized spacial score (nSPS) is 11.4. The van der Waals surface area contributed by atoms with Crippen LogP contribution in [-0.2, 0) is 6.18 Å². The van der Waals surface area contributed by atoms with Gasteiger partial charge in [-0.15, -0.1) is 4.91 Å². The summed E-state index contributed by atoms with van der Waals surface area (Å²) < 4.78 is 48.7. The van der Waals surface area contributed by atoms with Crippen molar-refractivity contribution in [1.29, 1.82) is 0 Å². The van der Waals surface area contributed by atoms with Gasteiger partial charge in [-0.25, -0.2) is 4.39 Å². The molecule has 1 rings (SSSR count). The first-order chi connectivity index (χ1) is 5.96. The van der Waals surface area contributed by atoms with E-state index in [0.717, 1.165) is 12.1 Å². The Morgan fingerprint density at radius 2 is 1.85 bits per heavy atom. The summed E-state index contributed by atoms with van der Waals surface area (Å²) in [5, 5.41) is 1.99. The quantitative estimate of drug-likeness (QED) is 0.497. The Labute approximate surface area is 70.2 Å². The first-order valence-corrected chi connectivity index (χ1v) is 3.16. The average Bonchev–Trinajstić information content (AvgIpc) is 2.02. The van der Waals surface area contributed by atoms with Gasteiger partial charge in [-0.1, -0.05) is 6.07 Å². The number of rotatable bonds is 1. The maximum Gasteiger partial charge on any atom is 0.418 e. The molecule has 0 saturated heterocycles. The van der Waals surface area contributed by atoms with Gasteiger partial charge in [0.15, 0.2) is 11.5 Å². The van der Waals surface area contributed by atoms with Crippen molar-refractivity contribution in [3.8, 4) is 0 Å². The van der Waals surface area contributed by atoms with Crippen LogP contribution in [0.15, 0.2) is 23.4 Å². The van der Waals surface area contributed by atoms with Crippen molar-refractivity contribution in [2.75, 3.05) is 0 Å². The van der Waals surface area contributed by atoms with E-state index in [0.29, 0.717) is 6.07 Å². The van der Waals surface area contributed by atoms with E-state index in [4.69, 9.17) is 0 Å². The Morgan fingerprint density at radius 3 is 2.23 bits per heavy atom. The number of nitroso groups, excluding NO2 is 1. The summed E-state index contributed by atoms with van der Waals surface area (Å²) in [4.78, 5) is 9.90. The van der Waals surface area contributed by atoms with Gasteiger partial charge >= 0.3 is 6.18 Å². The van der Waals surface area contributed by atoms with Gasteiger partial charge in [0.1, 0.15) is 0 Å². The van der Waals surface area contributed by atoms with Crippen LogP contribution in [-0.4, -0.2) is 0 Å². The predicted molar refractivity (Wildman–Crippen MR) is 36.9 cm³/mol. The number of benzene rings is 1. The molecule has 0 aliphatic rings. The highest BCUT2D eigenvalue weighted by molar-refractivity contribution is 5.48. The lowest BCUT2D eigenvalue weighted by Gasteiger charge is -2.07. The minimum absolute atomic E-state index is 0.597. The van der Waals surface area contributed by atoms with E-state index >= 15 is 0 Å². The van der Waals surface area contributed by atoms with Gasteiger partial charge in [-0.05, 0) is 17.3 Å². The molecule has 6 heteroatoms. The monoisotopic (exact) mass is 193 g/mol. The van der Waals surface area contributed by atoms with Gasteiger partial charge in [-0.2, -0.15) is 13.2 Å². The summed E-state index contributed by atoms with van der Waals surface area (Å²) in [6, 6.07) is 2.21. The van der Waals surface area contributed by atoms with Gasteiger partial charge in [0.2, 0.25) is 0 Å². The van der Waals surface area contributed by atoms with Crippen LogP contribution in [0, 0.1) is 10.7 Å². The molecule has 0 heterocycles. The number of hydrogen-bond acceptors (Lipinski definition) is 2. The van der Waals surface area contributed by atoms with Gasteiger partial charge in [0.25, 0.3) is 0 Å². The third kappa shape index (κ3) is 1.82. The zero-order valence-corrected chi connectivity index (χ0v) is 6.10. The number of halogens is 4. The standard InChI is InChI=1S/C7H3F4NO/c8-5-3-1-2-4(6(5)12-13)7(9,10)11/h1-3H. The molecule has 0 N–H and O–H groups in total. The summed E-state index contributed by atoms with van der Waals surface area (Å²) in [6.07, 6.45) is -4.76. The molecular formula is C7H3F4NO. The Kier molecular flexibility index (Phi) is 2.31. The molecule has 0 spiro atoms. The van der Waals surface area contributed by atoms with Crippen LogP contribution in [0.3, 0.4) is 0 Å². The lowest BCUT2D eigenvalue weighted by atomic mass is 10.1. The molecule has 0 aliphatic heterocycles. The zero-order chi connectivity index (χ0) is 10.1. The Bertz CT molecular complexity index is 334. The topological polar surface area (TPSA) is 29.4 Å². The molecule has 1 aromatic carbocycles. The van der Waals surface area contributed by atoms with Crippen molar-refractivity contribution in [2.45, 2.75) is 6.18 Å². The van der Waals surface area contributed by atoms with E-state index in [1.165, 1.54) is 0 Å². The summed E-state index contributed by atoms with van der Waals surface area (Å²) in [7, 11) is 0. The summed E-state index contributed by atoms with van der Waals surface area (Å²) >= 11 is 0. The van der Waals surface area contributed by atoms with Gasteiger partial charge in [-0.3, -0.25) is 0 Å². The fourth-order valence-corrected chi connectivity index (χ4v) is 0.837. The van der Waals surface area contributed by atoms with Crippen molar-refractivity contribution in [1.82, 2.24) is 0 Å². The van der Waals surface area contributed by atoms with Crippen molar-refractivity contribution < 1.29 is 17.6 Å². The van der Waals surface area contributed by atoms with Gasteiger partial charge in [0, 0.05) is 0 Å². The third-order valence-electron chi connectivity index (χ3n) is 1.38. The molecule has 0 aromatic heterocycles. The van der Waals surface area contributed by atoms with E-state index in [9.17, 15) is 22.5 Å². The summed E-state index contributed by atoms with van der Waals surface area (Å²) in [5.74, 6) is -1.27. The molecule has 1 aromatic rings. The van der Waals surface area contributed by atoms with E-state index < -0.39 is 23.2 Å². The lowest BCUT2D eigenvalue weighted by Crippen LogP contribution is -2.05. The first-order valence-electron chi connectivity index (χ1n) is 3.16. The first kappa shape index (κ1) is 9.63. The molecule has 70 valence electrons. The van der Waals surface area contributed by atoms with E-state index in [1.807, 2.05) is 5.18 Å². The minimum atomic E-state index is -4.76. The maximum absolute atomic E-state index is 12.6. The molecular weight excluding hydrogens is 190 g/mol. The van der Waals surface area contributed by atoms with Gasteiger partial charge in [0.05, 0.1) is 5.56 Å². The van der Waals surface area contributed by atoms with Crippen LogP contribution in [0.25, 0.3) is 0 Å². The average molecular weight is 193 g/mol. The number of alkyl halides is 3. The van der Waals surface area contributed by atoms with Crippen LogP contribution in [0.4, 0.5) is 23.2 Å². The molecule has 0 amide bonds. The van der Waals surface area contributed by atoms with E-state index in [2.05, 4.69) is 0 Å². The van der Waals surface area contributed by atoms with E-state index in [1.54, 1.807) is 0 Å². The maximum atomic E-state index is 12.6. The zero-order valence-electron chi connectivity index (χ0n) is 6.10. The fraction of sp³-hybridized carbons (Fsp3) is 0.143. The lowest BCUT2D eigenvalue weighted by molar-refractivity contribution is -0.137. The van der Waals surface area contributed by atoms with Crippen molar-refractivity contribution in [3.05, 3.63) is 34.5 Å². The third-order valence-corrected chi connectivity index (χ3v) is 1.38. The van der Waals surface area contributed by atoms with Crippen LogP contribution in [0.5, 0.6) is 0 Å². The second-order valence-electron chi connectivity index (χ2n) is 2.23. The van der Waals surface area contributed by atoms with Crippen molar-refractivity contribution in [3.63, 3.8) is 0 Å². The highest BCUT2D eigenvalue weighted by atomic mass is 19.4. The predicted octanol–water partition coefficient (Wildman–Crippen LogP) is 3.24. The molecule has 0 atom stereocenters. The molecule has 2 nitrogen and oxygen atoms in total. The van der Waals surface area contributed by atoms with Crippen LogP contribution >= 0.6 is 0 Å². The Morgan fingerprint density at radius 1 is 1.23 bits per heavy atom. The smallest absolute Gasteiger partial charge is 0.204 e. The molecule has 13 heavy (non-hydrogen) atoms. The fourth-order valence-electron chi connectivity index (χ4n) is 0.837. The molecule has 0 saturated carbocycles.